The van der Waals surface area contributed by atoms with Crippen molar-refractivity contribution in [3.63, 3.8) is 0 Å². The van der Waals surface area contributed by atoms with Crippen LogP contribution in [0.4, 0.5) is 5.69 Å². The van der Waals surface area contributed by atoms with Gasteiger partial charge in [0.1, 0.15) is 0 Å². The maximum absolute atomic E-state index is 12.9. The molecule has 1 aliphatic carbocycles. The van der Waals surface area contributed by atoms with Gasteiger partial charge in [0.05, 0.1) is 13.0 Å². The highest BCUT2D eigenvalue weighted by Crippen LogP contribution is 2.33. The zero-order valence-corrected chi connectivity index (χ0v) is 16.8. The Hall–Kier alpha value is -3.47. The van der Waals surface area contributed by atoms with E-state index in [1.807, 2.05) is 71.6 Å². The van der Waals surface area contributed by atoms with Crippen molar-refractivity contribution < 1.29 is 9.59 Å². The van der Waals surface area contributed by atoms with Crippen molar-refractivity contribution >= 4 is 17.5 Å². The SMILES string of the molecule is O=C(Cc1cccc(N(Cc2ccccc2)C(=O)C2CC2)c1)NCc1ccncc1. The lowest BCUT2D eigenvalue weighted by Crippen LogP contribution is -2.32. The van der Waals surface area contributed by atoms with Crippen LogP contribution in [0.1, 0.15) is 29.5 Å². The Balaban J connectivity index is 1.45. The molecule has 0 saturated heterocycles. The van der Waals surface area contributed by atoms with Crippen LogP contribution >= 0.6 is 0 Å². The molecule has 1 aromatic heterocycles. The molecule has 0 bridgehead atoms. The molecule has 0 radical (unpaired) electrons. The number of pyridine rings is 1. The Labute approximate surface area is 176 Å². The van der Waals surface area contributed by atoms with E-state index in [-0.39, 0.29) is 24.2 Å². The normalized spacial score (nSPS) is 12.9. The summed E-state index contributed by atoms with van der Waals surface area (Å²) >= 11 is 0. The first-order valence-electron chi connectivity index (χ1n) is 10.3. The summed E-state index contributed by atoms with van der Waals surface area (Å²) in [5.41, 5.74) is 3.83. The number of carbonyl (C=O) groups excluding carboxylic acids is 2. The topological polar surface area (TPSA) is 62.3 Å². The molecule has 1 aliphatic rings. The summed E-state index contributed by atoms with van der Waals surface area (Å²) in [7, 11) is 0. The van der Waals surface area contributed by atoms with Gasteiger partial charge < -0.3 is 10.2 Å². The monoisotopic (exact) mass is 399 g/mol. The van der Waals surface area contributed by atoms with E-state index in [9.17, 15) is 9.59 Å². The van der Waals surface area contributed by atoms with Gasteiger partial charge in [0.25, 0.3) is 0 Å². The van der Waals surface area contributed by atoms with Gasteiger partial charge in [0.15, 0.2) is 0 Å². The Morgan fingerprint density at radius 2 is 1.63 bits per heavy atom. The van der Waals surface area contributed by atoms with Crippen molar-refractivity contribution in [2.24, 2.45) is 5.92 Å². The molecule has 1 fully saturated rings. The van der Waals surface area contributed by atoms with Crippen LogP contribution in [0.15, 0.2) is 79.1 Å². The molecule has 30 heavy (non-hydrogen) atoms. The Morgan fingerprint density at radius 1 is 0.900 bits per heavy atom. The zero-order chi connectivity index (χ0) is 20.8. The van der Waals surface area contributed by atoms with E-state index in [0.717, 1.165) is 35.2 Å². The Morgan fingerprint density at radius 3 is 2.37 bits per heavy atom. The van der Waals surface area contributed by atoms with Crippen LogP contribution in [0, 0.1) is 5.92 Å². The van der Waals surface area contributed by atoms with E-state index >= 15 is 0 Å². The largest absolute Gasteiger partial charge is 0.352 e. The molecule has 0 unspecified atom stereocenters. The summed E-state index contributed by atoms with van der Waals surface area (Å²) in [6, 6.07) is 21.5. The van der Waals surface area contributed by atoms with Gasteiger partial charge in [-0.3, -0.25) is 14.6 Å². The van der Waals surface area contributed by atoms with Crippen molar-refractivity contribution in [3.8, 4) is 0 Å². The molecule has 3 aromatic rings. The second-order valence-electron chi connectivity index (χ2n) is 7.66. The third kappa shape index (κ3) is 5.32. The van der Waals surface area contributed by atoms with Gasteiger partial charge in [-0.1, -0.05) is 42.5 Å². The fourth-order valence-corrected chi connectivity index (χ4v) is 3.40. The number of amides is 2. The van der Waals surface area contributed by atoms with E-state index in [1.54, 1.807) is 12.4 Å². The van der Waals surface area contributed by atoms with Crippen molar-refractivity contribution in [2.75, 3.05) is 4.90 Å². The maximum Gasteiger partial charge on any atom is 0.230 e. The molecule has 5 heteroatoms. The lowest BCUT2D eigenvalue weighted by atomic mass is 10.1. The minimum atomic E-state index is -0.0490. The van der Waals surface area contributed by atoms with Crippen LogP contribution in [0.25, 0.3) is 0 Å². The smallest absolute Gasteiger partial charge is 0.230 e. The van der Waals surface area contributed by atoms with Crippen molar-refractivity contribution in [3.05, 3.63) is 95.8 Å². The predicted molar refractivity (Wildman–Crippen MR) is 117 cm³/mol. The van der Waals surface area contributed by atoms with Crippen molar-refractivity contribution in [1.29, 1.82) is 0 Å². The van der Waals surface area contributed by atoms with Gasteiger partial charge in [0.2, 0.25) is 11.8 Å². The van der Waals surface area contributed by atoms with Crippen LogP contribution in [-0.2, 0) is 29.1 Å². The first-order chi connectivity index (χ1) is 14.7. The van der Waals surface area contributed by atoms with E-state index < -0.39 is 0 Å². The van der Waals surface area contributed by atoms with E-state index in [1.165, 1.54) is 0 Å². The van der Waals surface area contributed by atoms with Crippen LogP contribution in [0.3, 0.4) is 0 Å². The molecule has 2 amide bonds. The Bertz CT molecular complexity index is 1000. The highest BCUT2D eigenvalue weighted by atomic mass is 16.2. The summed E-state index contributed by atoms with van der Waals surface area (Å²) in [4.78, 5) is 31.2. The van der Waals surface area contributed by atoms with Gasteiger partial charge in [-0.25, -0.2) is 0 Å². The Kier molecular flexibility index (Phi) is 6.18. The average Bonchev–Trinajstić information content (AvgIpc) is 3.63. The number of rotatable bonds is 8. The van der Waals surface area contributed by atoms with Crippen molar-refractivity contribution in [2.45, 2.75) is 32.4 Å². The molecule has 2 aromatic carbocycles. The summed E-state index contributed by atoms with van der Waals surface area (Å²) in [6.45, 7) is 1.01. The van der Waals surface area contributed by atoms with Gasteiger partial charge in [-0.2, -0.15) is 0 Å². The molecule has 0 atom stereocenters. The lowest BCUT2D eigenvalue weighted by molar-refractivity contribution is -0.121. The number of hydrogen-bond acceptors (Lipinski definition) is 3. The standard InChI is InChI=1S/C25H25N3O2/c29-24(27-17-19-11-13-26-14-12-19)16-21-7-4-8-23(15-21)28(25(30)22-9-10-22)18-20-5-2-1-3-6-20/h1-8,11-15,22H,9-10,16-18H2,(H,27,29). The van der Waals surface area contributed by atoms with Gasteiger partial charge in [0, 0.05) is 30.5 Å². The van der Waals surface area contributed by atoms with Gasteiger partial charge in [-0.05, 0) is 53.8 Å². The number of anilines is 1. The van der Waals surface area contributed by atoms with Crippen LogP contribution in [0.2, 0.25) is 0 Å². The van der Waals surface area contributed by atoms with Gasteiger partial charge in [-0.15, -0.1) is 0 Å². The number of hydrogen-bond donors (Lipinski definition) is 1. The molecule has 5 nitrogen and oxygen atoms in total. The number of nitrogens with zero attached hydrogens (tertiary/aromatic N) is 2. The molecule has 1 saturated carbocycles. The molecule has 0 spiro atoms. The molecular weight excluding hydrogens is 374 g/mol. The summed E-state index contributed by atoms with van der Waals surface area (Å²) in [5, 5.41) is 2.94. The third-order valence-corrected chi connectivity index (χ3v) is 5.20. The minimum absolute atomic E-state index is 0.0490. The zero-order valence-electron chi connectivity index (χ0n) is 16.8. The average molecular weight is 399 g/mol. The fraction of sp³-hybridized carbons (Fsp3) is 0.240. The van der Waals surface area contributed by atoms with Crippen LogP contribution in [-0.4, -0.2) is 16.8 Å². The molecule has 1 N–H and O–H groups in total. The summed E-state index contributed by atoms with van der Waals surface area (Å²) in [5.74, 6) is 0.242. The second kappa shape index (κ2) is 9.35. The lowest BCUT2D eigenvalue weighted by Gasteiger charge is -2.24. The maximum atomic E-state index is 12.9. The fourth-order valence-electron chi connectivity index (χ4n) is 3.40. The van der Waals surface area contributed by atoms with Gasteiger partial charge >= 0.3 is 0 Å². The number of nitrogens with one attached hydrogen (secondary N) is 1. The van der Waals surface area contributed by atoms with Crippen molar-refractivity contribution in [1.82, 2.24) is 10.3 Å². The third-order valence-electron chi connectivity index (χ3n) is 5.20. The highest BCUT2D eigenvalue weighted by Gasteiger charge is 2.34. The molecule has 152 valence electrons. The number of carbonyl (C=O) groups is 2. The second-order valence-corrected chi connectivity index (χ2v) is 7.66. The predicted octanol–water partition coefficient (Wildman–Crippen LogP) is 3.88. The quantitative estimate of drug-likeness (QED) is 0.625. The highest BCUT2D eigenvalue weighted by molar-refractivity contribution is 5.96. The molecular formula is C25H25N3O2. The molecule has 4 rings (SSSR count). The minimum Gasteiger partial charge on any atom is -0.352 e. The summed E-state index contributed by atoms with van der Waals surface area (Å²) in [6.07, 6.45) is 5.62. The van der Waals surface area contributed by atoms with E-state index in [0.29, 0.717) is 13.1 Å². The van der Waals surface area contributed by atoms with Crippen LogP contribution < -0.4 is 10.2 Å². The molecule has 0 aliphatic heterocycles. The number of benzene rings is 2. The first kappa shape index (κ1) is 19.8. The van der Waals surface area contributed by atoms with Crippen LogP contribution in [0.5, 0.6) is 0 Å². The summed E-state index contributed by atoms with van der Waals surface area (Å²) < 4.78 is 0. The first-order valence-corrected chi connectivity index (χ1v) is 10.3. The van der Waals surface area contributed by atoms with E-state index in [2.05, 4.69) is 10.3 Å². The number of aromatic nitrogens is 1. The molecule has 1 heterocycles. The van der Waals surface area contributed by atoms with E-state index in [4.69, 9.17) is 0 Å².